The van der Waals surface area contributed by atoms with Crippen LogP contribution in [-0.4, -0.2) is 20.4 Å². The molecule has 0 atom stereocenters. The SMILES string of the molecule is Cn1c(=S)[nH]c2cc(C(=O)Nc3ncc(Cc4cc(Cl)ccc4Cl)s3)ccc2c1=O. The molecular weight excluding hydrogens is 463 g/mol. The predicted molar refractivity (Wildman–Crippen MR) is 124 cm³/mol. The minimum absolute atomic E-state index is 0.218. The molecule has 1 amide bonds. The van der Waals surface area contributed by atoms with Crippen molar-refractivity contribution < 1.29 is 4.79 Å². The topological polar surface area (TPSA) is 79.8 Å². The maximum absolute atomic E-state index is 12.7. The number of anilines is 1. The maximum Gasteiger partial charge on any atom is 0.261 e. The predicted octanol–water partition coefficient (Wildman–Crippen LogP) is 5.20. The van der Waals surface area contributed by atoms with Gasteiger partial charge in [0.25, 0.3) is 11.5 Å². The van der Waals surface area contributed by atoms with Gasteiger partial charge >= 0.3 is 0 Å². The molecule has 0 aliphatic carbocycles. The number of thiazole rings is 1. The van der Waals surface area contributed by atoms with Crippen molar-refractivity contribution in [2.75, 3.05) is 5.32 Å². The highest BCUT2D eigenvalue weighted by molar-refractivity contribution is 7.71. The Bertz CT molecular complexity index is 1410. The number of aromatic amines is 1. The molecule has 0 saturated heterocycles. The van der Waals surface area contributed by atoms with Crippen molar-refractivity contribution in [2.45, 2.75) is 6.42 Å². The van der Waals surface area contributed by atoms with E-state index < -0.39 is 0 Å². The number of rotatable bonds is 4. The van der Waals surface area contributed by atoms with Gasteiger partial charge in [0.15, 0.2) is 9.90 Å². The van der Waals surface area contributed by atoms with Crippen LogP contribution in [0.3, 0.4) is 0 Å². The third kappa shape index (κ3) is 4.17. The van der Waals surface area contributed by atoms with Crippen LogP contribution >= 0.6 is 46.8 Å². The number of amides is 1. The van der Waals surface area contributed by atoms with E-state index in [-0.39, 0.29) is 16.2 Å². The number of H-pyrrole nitrogens is 1. The number of hydrogen-bond donors (Lipinski definition) is 2. The number of hydrogen-bond acceptors (Lipinski definition) is 5. The first kappa shape index (κ1) is 20.7. The Kier molecular flexibility index (Phi) is 5.75. The lowest BCUT2D eigenvalue weighted by molar-refractivity contribution is 0.102. The fourth-order valence-corrected chi connectivity index (χ4v) is 4.33. The van der Waals surface area contributed by atoms with Crippen molar-refractivity contribution in [3.8, 4) is 0 Å². The summed E-state index contributed by atoms with van der Waals surface area (Å²) in [5.41, 5.74) is 1.56. The highest BCUT2D eigenvalue weighted by Crippen LogP contribution is 2.27. The van der Waals surface area contributed by atoms with Crippen LogP contribution in [0.15, 0.2) is 47.4 Å². The molecule has 6 nitrogen and oxygen atoms in total. The third-order valence-corrected chi connectivity index (χ3v) is 6.40. The highest BCUT2D eigenvalue weighted by Gasteiger charge is 2.13. The van der Waals surface area contributed by atoms with Crippen LogP contribution in [0.4, 0.5) is 5.13 Å². The van der Waals surface area contributed by atoms with E-state index in [1.165, 1.54) is 15.9 Å². The Balaban J connectivity index is 1.54. The number of nitrogens with zero attached hydrogens (tertiary/aromatic N) is 2. The van der Waals surface area contributed by atoms with Gasteiger partial charge in [-0.05, 0) is 54.2 Å². The van der Waals surface area contributed by atoms with Crippen LogP contribution in [0.5, 0.6) is 0 Å². The van der Waals surface area contributed by atoms with Crippen molar-refractivity contribution >= 4 is 68.7 Å². The zero-order valence-corrected chi connectivity index (χ0v) is 18.7. The summed E-state index contributed by atoms with van der Waals surface area (Å²) in [7, 11) is 1.60. The summed E-state index contributed by atoms with van der Waals surface area (Å²) in [6.07, 6.45) is 2.25. The quantitative estimate of drug-likeness (QED) is 0.396. The van der Waals surface area contributed by atoms with E-state index >= 15 is 0 Å². The standard InChI is InChI=1S/C20H14Cl2N4O2S2/c1-26-18(28)14-4-2-10(8-16(14)24-20(26)29)17(27)25-19-23-9-13(30-19)7-11-6-12(21)3-5-15(11)22/h2-6,8-9H,7H2,1H3,(H,24,29)(H,23,25,27). The summed E-state index contributed by atoms with van der Waals surface area (Å²) >= 11 is 18.7. The second kappa shape index (κ2) is 8.31. The molecule has 0 fully saturated rings. The van der Waals surface area contributed by atoms with Crippen LogP contribution in [-0.2, 0) is 13.5 Å². The lowest BCUT2D eigenvalue weighted by atomic mass is 10.1. The van der Waals surface area contributed by atoms with Crippen LogP contribution in [0.25, 0.3) is 10.9 Å². The van der Waals surface area contributed by atoms with E-state index in [0.29, 0.717) is 38.1 Å². The van der Waals surface area contributed by atoms with Gasteiger partial charge in [0.1, 0.15) is 0 Å². The number of benzene rings is 2. The summed E-state index contributed by atoms with van der Waals surface area (Å²) in [6, 6.07) is 10.1. The van der Waals surface area contributed by atoms with E-state index in [9.17, 15) is 9.59 Å². The molecule has 0 radical (unpaired) electrons. The Hall–Kier alpha value is -2.52. The fourth-order valence-electron chi connectivity index (χ4n) is 2.93. The van der Waals surface area contributed by atoms with Gasteiger partial charge in [-0.25, -0.2) is 4.98 Å². The molecule has 4 aromatic rings. The van der Waals surface area contributed by atoms with E-state index in [4.69, 9.17) is 35.4 Å². The van der Waals surface area contributed by atoms with Crippen LogP contribution in [0.1, 0.15) is 20.8 Å². The third-order valence-electron chi connectivity index (χ3n) is 4.51. The summed E-state index contributed by atoms with van der Waals surface area (Å²) in [6.45, 7) is 0. The molecule has 0 bridgehead atoms. The Morgan fingerprint density at radius 1 is 1.27 bits per heavy atom. The molecule has 152 valence electrons. The van der Waals surface area contributed by atoms with Gasteiger partial charge in [0, 0.05) is 40.2 Å². The fraction of sp³-hybridized carbons (Fsp3) is 0.100. The van der Waals surface area contributed by atoms with Crippen molar-refractivity contribution in [3.63, 3.8) is 0 Å². The van der Waals surface area contributed by atoms with Gasteiger partial charge in [0.2, 0.25) is 0 Å². The first-order valence-corrected chi connectivity index (χ1v) is 10.7. The number of aromatic nitrogens is 3. The molecule has 0 aliphatic heterocycles. The summed E-state index contributed by atoms with van der Waals surface area (Å²) < 4.78 is 1.63. The first-order valence-electron chi connectivity index (χ1n) is 8.75. The maximum atomic E-state index is 12.7. The van der Waals surface area contributed by atoms with E-state index in [1.54, 1.807) is 43.6 Å². The van der Waals surface area contributed by atoms with Crippen molar-refractivity contribution in [3.05, 3.63) is 83.8 Å². The monoisotopic (exact) mass is 476 g/mol. The van der Waals surface area contributed by atoms with Crippen molar-refractivity contribution in [1.82, 2.24) is 14.5 Å². The molecule has 0 spiro atoms. The Labute approximate surface area is 190 Å². The van der Waals surface area contributed by atoms with Gasteiger partial charge in [-0.3, -0.25) is 19.5 Å². The molecular formula is C20H14Cl2N4O2S2. The molecule has 2 aromatic carbocycles. The van der Waals surface area contributed by atoms with E-state index in [1.807, 2.05) is 6.07 Å². The summed E-state index contributed by atoms with van der Waals surface area (Å²) in [4.78, 5) is 33.1. The largest absolute Gasteiger partial charge is 0.332 e. The average Bonchev–Trinajstić information content (AvgIpc) is 3.15. The van der Waals surface area contributed by atoms with Gasteiger partial charge < -0.3 is 4.98 Å². The zero-order valence-electron chi connectivity index (χ0n) is 15.5. The van der Waals surface area contributed by atoms with Gasteiger partial charge in [-0.15, -0.1) is 11.3 Å². The molecule has 2 heterocycles. The molecule has 0 saturated carbocycles. The molecule has 10 heteroatoms. The lowest BCUT2D eigenvalue weighted by Gasteiger charge is -2.05. The van der Waals surface area contributed by atoms with Crippen LogP contribution < -0.4 is 10.9 Å². The summed E-state index contributed by atoms with van der Waals surface area (Å²) in [5, 5.41) is 4.93. The summed E-state index contributed by atoms with van der Waals surface area (Å²) in [5.74, 6) is -0.335. The number of nitrogens with one attached hydrogen (secondary N) is 2. The minimum atomic E-state index is -0.335. The number of fused-ring (bicyclic) bond motifs is 1. The average molecular weight is 477 g/mol. The zero-order chi connectivity index (χ0) is 21.4. The molecule has 4 rings (SSSR count). The highest BCUT2D eigenvalue weighted by atomic mass is 35.5. The number of carbonyl (C=O) groups excluding carboxylic acids is 1. The van der Waals surface area contributed by atoms with Crippen molar-refractivity contribution in [1.29, 1.82) is 0 Å². The number of halogens is 2. The van der Waals surface area contributed by atoms with E-state index in [0.717, 1.165) is 10.4 Å². The molecule has 2 aromatic heterocycles. The smallest absolute Gasteiger partial charge is 0.261 e. The second-order valence-corrected chi connectivity index (χ2v) is 8.90. The molecule has 0 unspecified atom stereocenters. The van der Waals surface area contributed by atoms with E-state index in [2.05, 4.69) is 15.3 Å². The van der Waals surface area contributed by atoms with Gasteiger partial charge in [0.05, 0.1) is 10.9 Å². The lowest BCUT2D eigenvalue weighted by Crippen LogP contribution is -2.19. The van der Waals surface area contributed by atoms with Crippen LogP contribution in [0, 0.1) is 4.77 Å². The first-order chi connectivity index (χ1) is 14.3. The van der Waals surface area contributed by atoms with Gasteiger partial charge in [-0.2, -0.15) is 0 Å². The minimum Gasteiger partial charge on any atom is -0.332 e. The Morgan fingerprint density at radius 2 is 2.07 bits per heavy atom. The molecule has 2 N–H and O–H groups in total. The molecule has 30 heavy (non-hydrogen) atoms. The van der Waals surface area contributed by atoms with Crippen molar-refractivity contribution in [2.24, 2.45) is 7.05 Å². The Morgan fingerprint density at radius 3 is 2.87 bits per heavy atom. The molecule has 0 aliphatic rings. The van der Waals surface area contributed by atoms with Gasteiger partial charge in [-0.1, -0.05) is 23.2 Å². The number of carbonyl (C=O) groups is 1. The second-order valence-electron chi connectivity index (χ2n) is 6.55. The van der Waals surface area contributed by atoms with Crippen LogP contribution in [0.2, 0.25) is 10.0 Å². The normalized spacial score (nSPS) is 11.0.